The van der Waals surface area contributed by atoms with Crippen LogP contribution in [0.3, 0.4) is 0 Å². The molecule has 0 radical (unpaired) electrons. The fourth-order valence-electron chi connectivity index (χ4n) is 10.4. The molecule has 4 saturated carbocycles. The predicted octanol–water partition coefficient (Wildman–Crippen LogP) is 2.07. The lowest BCUT2D eigenvalue weighted by Gasteiger charge is -2.64. The van der Waals surface area contributed by atoms with Crippen molar-refractivity contribution in [2.75, 3.05) is 7.05 Å². The van der Waals surface area contributed by atoms with Crippen LogP contribution in [0, 0.1) is 58.2 Å². The number of aliphatic hydroxyl groups excluding tert-OH is 4. The van der Waals surface area contributed by atoms with Crippen LogP contribution in [0.4, 0.5) is 0 Å². The molecule has 9 nitrogen and oxygen atoms in total. The van der Waals surface area contributed by atoms with Gasteiger partial charge in [0.1, 0.15) is 6.10 Å². The first kappa shape index (κ1) is 30.1. The Balaban J connectivity index is 1.60. The zero-order valence-electron chi connectivity index (χ0n) is 24.5. The minimum Gasteiger partial charge on any atom is -0.390 e. The first-order valence-corrected chi connectivity index (χ1v) is 16.5. The zero-order valence-corrected chi connectivity index (χ0v) is 25.3. The molecule has 0 aromatic rings. The SMILES string of the molecule is CNS(=O)(=O)O[C@@H]1[C@H]2O[C@@H]([C@H](C)C(C)C)C[C@@H](C)[C@@H]2[C@@]2(C)CC[C@H]3[C@@H]([C@@H](O)[C@@H](O)[C@H]4[C@@H](O)[C@H](O)CC[C@@]43C)[C@H]12. The Morgan fingerprint density at radius 1 is 0.923 bits per heavy atom. The maximum atomic E-state index is 12.9. The molecule has 0 aromatic carbocycles. The van der Waals surface area contributed by atoms with Crippen molar-refractivity contribution in [2.24, 2.45) is 58.2 Å². The minimum atomic E-state index is -4.07. The molecule has 226 valence electrons. The molecule has 0 bridgehead atoms. The lowest BCUT2D eigenvalue weighted by Crippen LogP contribution is -2.68. The van der Waals surface area contributed by atoms with Crippen molar-refractivity contribution >= 4 is 10.3 Å². The summed E-state index contributed by atoms with van der Waals surface area (Å²) in [5.41, 5.74) is -0.868. The molecule has 39 heavy (non-hydrogen) atoms. The number of hydrogen-bond acceptors (Lipinski definition) is 8. The van der Waals surface area contributed by atoms with Gasteiger partial charge in [-0.1, -0.05) is 41.5 Å². The number of aliphatic hydroxyl groups is 4. The number of fused-ring (bicyclic) bond motifs is 7. The van der Waals surface area contributed by atoms with Gasteiger partial charge in [0.15, 0.2) is 0 Å². The van der Waals surface area contributed by atoms with E-state index in [1.165, 1.54) is 7.05 Å². The van der Waals surface area contributed by atoms with E-state index in [1.54, 1.807) is 0 Å². The second-order valence-electron chi connectivity index (χ2n) is 14.6. The van der Waals surface area contributed by atoms with Gasteiger partial charge in [-0.05, 0) is 78.4 Å². The van der Waals surface area contributed by atoms with Crippen molar-refractivity contribution in [3.63, 3.8) is 0 Å². The quantitative estimate of drug-likeness (QED) is 0.336. The summed E-state index contributed by atoms with van der Waals surface area (Å²) in [7, 11) is -2.74. The average molecular weight is 574 g/mol. The van der Waals surface area contributed by atoms with Crippen LogP contribution in [-0.2, 0) is 19.2 Å². The number of hydrogen-bond donors (Lipinski definition) is 5. The molecule has 0 spiro atoms. The average Bonchev–Trinajstić information content (AvgIpc) is 3.12. The Bertz CT molecular complexity index is 1020. The second-order valence-corrected chi connectivity index (χ2v) is 16.1. The van der Waals surface area contributed by atoms with Crippen molar-refractivity contribution in [3.05, 3.63) is 0 Å². The largest absolute Gasteiger partial charge is 0.390 e. The number of rotatable bonds is 5. The maximum absolute atomic E-state index is 12.9. The van der Waals surface area contributed by atoms with Crippen LogP contribution in [0.2, 0.25) is 0 Å². The molecule has 1 saturated heterocycles. The molecule has 1 heterocycles. The van der Waals surface area contributed by atoms with E-state index in [0.717, 1.165) is 19.3 Å². The van der Waals surface area contributed by atoms with Crippen molar-refractivity contribution < 1.29 is 37.8 Å². The van der Waals surface area contributed by atoms with E-state index in [9.17, 15) is 28.8 Å². The van der Waals surface area contributed by atoms with Crippen LogP contribution in [0.25, 0.3) is 0 Å². The van der Waals surface area contributed by atoms with Gasteiger partial charge in [0.25, 0.3) is 0 Å². The Morgan fingerprint density at radius 2 is 1.56 bits per heavy atom. The summed E-state index contributed by atoms with van der Waals surface area (Å²) < 4.78 is 41.0. The molecule has 5 aliphatic rings. The first-order valence-electron chi connectivity index (χ1n) is 15.1. The summed E-state index contributed by atoms with van der Waals surface area (Å²) in [4.78, 5) is 0. The van der Waals surface area contributed by atoms with Crippen molar-refractivity contribution in [3.8, 4) is 0 Å². The van der Waals surface area contributed by atoms with Gasteiger partial charge in [0, 0.05) is 18.9 Å². The summed E-state index contributed by atoms with van der Waals surface area (Å²) in [6.07, 6.45) is -2.20. The summed E-state index contributed by atoms with van der Waals surface area (Å²) in [6.45, 7) is 13.1. The third kappa shape index (κ3) is 4.46. The molecule has 5 N–H and O–H groups in total. The van der Waals surface area contributed by atoms with Gasteiger partial charge in [0.2, 0.25) is 0 Å². The molecule has 0 aromatic heterocycles. The highest BCUT2D eigenvalue weighted by Crippen LogP contribution is 2.70. The Kier molecular flexibility index (Phi) is 7.84. The summed E-state index contributed by atoms with van der Waals surface area (Å²) in [5, 5.41) is 44.7. The highest BCUT2D eigenvalue weighted by atomic mass is 32.2. The molecular weight excluding hydrogens is 522 g/mol. The molecule has 0 unspecified atom stereocenters. The lowest BCUT2D eigenvalue weighted by atomic mass is 9.42. The van der Waals surface area contributed by atoms with E-state index >= 15 is 0 Å². The van der Waals surface area contributed by atoms with Crippen LogP contribution >= 0.6 is 0 Å². The van der Waals surface area contributed by atoms with E-state index in [2.05, 4.69) is 46.3 Å². The lowest BCUT2D eigenvalue weighted by molar-refractivity contribution is -0.255. The molecule has 4 aliphatic carbocycles. The molecule has 0 amide bonds. The van der Waals surface area contributed by atoms with Crippen LogP contribution in [-0.4, -0.2) is 78.6 Å². The Morgan fingerprint density at radius 3 is 2.18 bits per heavy atom. The highest BCUT2D eigenvalue weighted by Gasteiger charge is 2.72. The van der Waals surface area contributed by atoms with Gasteiger partial charge < -0.3 is 25.2 Å². The van der Waals surface area contributed by atoms with E-state index in [1.807, 2.05) is 0 Å². The molecule has 5 rings (SSSR count). The number of ether oxygens (including phenoxy) is 1. The maximum Gasteiger partial charge on any atom is 0.335 e. The second kappa shape index (κ2) is 10.1. The van der Waals surface area contributed by atoms with Crippen LogP contribution in [0.5, 0.6) is 0 Å². The van der Waals surface area contributed by atoms with E-state index in [4.69, 9.17) is 8.92 Å². The topological polar surface area (TPSA) is 146 Å². The van der Waals surface area contributed by atoms with E-state index in [0.29, 0.717) is 18.8 Å². The monoisotopic (exact) mass is 573 g/mol. The normalized spacial score (nSPS) is 54.4. The highest BCUT2D eigenvalue weighted by molar-refractivity contribution is 7.84. The van der Waals surface area contributed by atoms with Crippen LogP contribution in [0.1, 0.15) is 73.6 Å². The molecule has 16 atom stereocenters. The Labute approximate surface area is 234 Å². The zero-order chi connectivity index (χ0) is 28.8. The summed E-state index contributed by atoms with van der Waals surface area (Å²) in [5.74, 6) is -0.505. The standard InChI is InChI=1S/C29H51NO8S/c1-13(2)15(4)18-12-14(3)20-26(37-18)27(38-39(35,36)30-7)21-19-16(8-10-29(20,21)6)28(5)11-9-17(31)23(32)22(28)25(34)24(19)33/h13-27,30-34H,8-12H2,1-7H3/t14-,15-,16+,17-,18-,19-,20+,21-,22-,23+,24-,25+,26+,27+,28-,29-/m1/s1. The van der Waals surface area contributed by atoms with Crippen molar-refractivity contribution in [1.82, 2.24) is 4.72 Å². The smallest absolute Gasteiger partial charge is 0.335 e. The molecule has 1 aliphatic heterocycles. The van der Waals surface area contributed by atoms with Crippen LogP contribution < -0.4 is 4.72 Å². The summed E-state index contributed by atoms with van der Waals surface area (Å²) in [6, 6.07) is 0. The number of nitrogens with one attached hydrogen (secondary N) is 1. The Hall–Kier alpha value is -0.330. The van der Waals surface area contributed by atoms with Gasteiger partial charge in [-0.2, -0.15) is 13.1 Å². The minimum absolute atomic E-state index is 0.0251. The molecule has 10 heteroatoms. The third-order valence-electron chi connectivity index (χ3n) is 12.6. The van der Waals surface area contributed by atoms with E-state index < -0.39 is 64.2 Å². The van der Waals surface area contributed by atoms with Gasteiger partial charge in [-0.3, -0.25) is 4.18 Å². The van der Waals surface area contributed by atoms with Gasteiger partial charge in [-0.15, -0.1) is 0 Å². The predicted molar refractivity (Wildman–Crippen MR) is 145 cm³/mol. The van der Waals surface area contributed by atoms with E-state index in [-0.39, 0.29) is 41.1 Å². The summed E-state index contributed by atoms with van der Waals surface area (Å²) >= 11 is 0. The van der Waals surface area contributed by atoms with Gasteiger partial charge >= 0.3 is 10.3 Å². The molecule has 5 fully saturated rings. The molecular formula is C29H51NO8S. The van der Waals surface area contributed by atoms with Gasteiger partial charge in [-0.25, -0.2) is 0 Å². The van der Waals surface area contributed by atoms with Gasteiger partial charge in [0.05, 0.1) is 36.6 Å². The van der Waals surface area contributed by atoms with Crippen molar-refractivity contribution in [2.45, 2.75) is 116 Å². The first-order chi connectivity index (χ1) is 18.1. The van der Waals surface area contributed by atoms with Crippen molar-refractivity contribution in [1.29, 1.82) is 0 Å². The third-order valence-corrected chi connectivity index (χ3v) is 13.5. The fourth-order valence-corrected chi connectivity index (χ4v) is 11.0. The van der Waals surface area contributed by atoms with Crippen LogP contribution in [0.15, 0.2) is 0 Å². The fraction of sp³-hybridized carbons (Fsp3) is 1.00.